The van der Waals surface area contributed by atoms with Crippen LogP contribution in [0.4, 0.5) is 8.78 Å². The third-order valence-corrected chi connectivity index (χ3v) is 6.81. The molecule has 3 aromatic rings. The molecule has 0 spiro atoms. The Balaban J connectivity index is 1.41. The molecule has 4 rings (SSSR count). The monoisotopic (exact) mass is 460 g/mol. The number of amides is 1. The lowest BCUT2D eigenvalue weighted by Crippen LogP contribution is -2.51. The summed E-state index contributed by atoms with van der Waals surface area (Å²) >= 11 is 0. The van der Waals surface area contributed by atoms with Gasteiger partial charge in [-0.1, -0.05) is 61.2 Å². The van der Waals surface area contributed by atoms with Crippen molar-refractivity contribution in [3.8, 4) is 0 Å². The number of hydrogen-bond donors (Lipinski definition) is 1. The summed E-state index contributed by atoms with van der Waals surface area (Å²) in [5.41, 5.74) is 3.39. The molecule has 0 radical (unpaired) electrons. The molecular formula is C29H30F2N2O. The van der Waals surface area contributed by atoms with Crippen LogP contribution in [-0.4, -0.2) is 23.9 Å². The van der Waals surface area contributed by atoms with Crippen LogP contribution in [0.25, 0.3) is 0 Å². The van der Waals surface area contributed by atoms with Gasteiger partial charge in [0, 0.05) is 25.3 Å². The average molecular weight is 461 g/mol. The van der Waals surface area contributed by atoms with Crippen molar-refractivity contribution < 1.29 is 13.6 Å². The minimum atomic E-state index is -0.616. The van der Waals surface area contributed by atoms with Gasteiger partial charge in [-0.05, 0) is 66.6 Å². The maximum Gasteiger partial charge on any atom is 0.231 e. The molecule has 3 nitrogen and oxygen atoms in total. The summed E-state index contributed by atoms with van der Waals surface area (Å²) in [5, 5.41) is 3.09. The lowest BCUT2D eigenvalue weighted by molar-refractivity contribution is -0.128. The molecule has 5 heteroatoms. The molecule has 1 fully saturated rings. The van der Waals surface area contributed by atoms with E-state index in [4.69, 9.17) is 0 Å². The van der Waals surface area contributed by atoms with Gasteiger partial charge in [-0.3, -0.25) is 4.79 Å². The summed E-state index contributed by atoms with van der Waals surface area (Å²) in [6.45, 7) is 6.12. The maximum absolute atomic E-state index is 13.5. The smallest absolute Gasteiger partial charge is 0.231 e. The predicted octanol–water partition coefficient (Wildman–Crippen LogP) is 5.76. The molecule has 1 N–H and O–H groups in total. The van der Waals surface area contributed by atoms with Crippen molar-refractivity contribution in [2.45, 2.75) is 37.6 Å². The first kappa shape index (κ1) is 23.7. The van der Waals surface area contributed by atoms with Gasteiger partial charge in [-0.15, -0.1) is 0 Å². The molecule has 176 valence electrons. The highest BCUT2D eigenvalue weighted by Gasteiger charge is 2.42. The zero-order valence-corrected chi connectivity index (χ0v) is 19.3. The number of halogens is 2. The molecule has 0 aromatic heterocycles. The Bertz CT molecular complexity index is 1100. The summed E-state index contributed by atoms with van der Waals surface area (Å²) in [6.07, 6.45) is 2.96. The number of carbonyl (C=O) groups excluding carboxylic acids is 1. The van der Waals surface area contributed by atoms with E-state index in [1.165, 1.54) is 24.3 Å². The number of piperidine rings is 1. The highest BCUT2D eigenvalue weighted by molar-refractivity contribution is 5.88. The van der Waals surface area contributed by atoms with Gasteiger partial charge in [0.1, 0.15) is 11.6 Å². The van der Waals surface area contributed by atoms with Crippen LogP contribution in [0.1, 0.15) is 36.0 Å². The van der Waals surface area contributed by atoms with Crippen molar-refractivity contribution >= 4 is 5.91 Å². The number of nitrogens with one attached hydrogen (secondary N) is 1. The van der Waals surface area contributed by atoms with E-state index < -0.39 is 5.41 Å². The van der Waals surface area contributed by atoms with E-state index in [2.05, 4.69) is 16.8 Å². The second kappa shape index (κ2) is 10.6. The molecule has 1 aliphatic rings. The number of rotatable bonds is 8. The topological polar surface area (TPSA) is 32.3 Å². The predicted molar refractivity (Wildman–Crippen MR) is 131 cm³/mol. The first-order valence-electron chi connectivity index (χ1n) is 11.7. The Hall–Kier alpha value is -3.47. The quantitative estimate of drug-likeness (QED) is 0.463. The third kappa shape index (κ3) is 5.53. The minimum Gasteiger partial charge on any atom is -0.375 e. The van der Waals surface area contributed by atoms with E-state index in [1.54, 1.807) is 12.1 Å². The second-order valence-electron chi connectivity index (χ2n) is 8.94. The summed E-state index contributed by atoms with van der Waals surface area (Å²) < 4.78 is 26.4. The van der Waals surface area contributed by atoms with Crippen LogP contribution in [-0.2, 0) is 23.2 Å². The lowest BCUT2D eigenvalue weighted by atomic mass is 9.71. The lowest BCUT2D eigenvalue weighted by Gasteiger charge is -2.42. The Kier molecular flexibility index (Phi) is 7.41. The van der Waals surface area contributed by atoms with Crippen LogP contribution >= 0.6 is 0 Å². The summed E-state index contributed by atoms with van der Waals surface area (Å²) in [7, 11) is 0. The van der Waals surface area contributed by atoms with E-state index in [0.29, 0.717) is 19.4 Å². The SMILES string of the molecule is C=C(CCc1ccc(F)cc1)N1CCC(C(=O)NCc2ccc(F)cc2)(c2ccccc2)CC1. The van der Waals surface area contributed by atoms with E-state index in [9.17, 15) is 13.6 Å². The standard InChI is InChI=1S/C29H30F2N2O/c1-22(7-8-23-9-13-26(30)14-10-23)33-19-17-29(18-20-33,25-5-3-2-4-6-25)28(34)32-21-24-11-15-27(31)16-12-24/h2-6,9-16H,1,7-8,17-21H2,(H,32,34). The Morgan fingerprint density at radius 3 is 2.00 bits per heavy atom. The van der Waals surface area contributed by atoms with Crippen LogP contribution in [0.3, 0.4) is 0 Å². The van der Waals surface area contributed by atoms with Gasteiger partial charge >= 0.3 is 0 Å². The van der Waals surface area contributed by atoms with Crippen LogP contribution in [0.15, 0.2) is 91.1 Å². The fourth-order valence-corrected chi connectivity index (χ4v) is 4.66. The Labute approximate surface area is 200 Å². The second-order valence-corrected chi connectivity index (χ2v) is 8.94. The number of allylic oxidation sites excluding steroid dienone is 1. The highest BCUT2D eigenvalue weighted by atomic mass is 19.1. The first-order valence-corrected chi connectivity index (χ1v) is 11.7. The van der Waals surface area contributed by atoms with Crippen molar-refractivity contribution in [1.82, 2.24) is 10.2 Å². The number of benzene rings is 3. The van der Waals surface area contributed by atoms with Crippen molar-refractivity contribution in [3.63, 3.8) is 0 Å². The number of aryl methyl sites for hydroxylation is 1. The number of hydrogen-bond acceptors (Lipinski definition) is 2. The molecule has 0 unspecified atom stereocenters. The van der Waals surface area contributed by atoms with Crippen LogP contribution < -0.4 is 5.32 Å². The highest BCUT2D eigenvalue weighted by Crippen LogP contribution is 2.37. The molecule has 0 saturated carbocycles. The van der Waals surface area contributed by atoms with Gasteiger partial charge in [-0.2, -0.15) is 0 Å². The molecule has 1 aliphatic heterocycles. The fourth-order valence-electron chi connectivity index (χ4n) is 4.66. The van der Waals surface area contributed by atoms with Gasteiger partial charge in [0.25, 0.3) is 0 Å². The summed E-state index contributed by atoms with van der Waals surface area (Å²) in [6, 6.07) is 22.7. The van der Waals surface area contributed by atoms with Crippen molar-refractivity contribution in [1.29, 1.82) is 0 Å². The van der Waals surface area contributed by atoms with Crippen molar-refractivity contribution in [2.24, 2.45) is 0 Å². The van der Waals surface area contributed by atoms with Gasteiger partial charge in [0.15, 0.2) is 0 Å². The average Bonchev–Trinajstić information content (AvgIpc) is 2.88. The van der Waals surface area contributed by atoms with E-state index >= 15 is 0 Å². The van der Waals surface area contributed by atoms with E-state index in [1.807, 2.05) is 42.5 Å². The molecule has 0 aliphatic carbocycles. The number of likely N-dealkylation sites (tertiary alicyclic amines) is 1. The van der Waals surface area contributed by atoms with Crippen LogP contribution in [0, 0.1) is 11.6 Å². The van der Waals surface area contributed by atoms with Gasteiger partial charge < -0.3 is 10.2 Å². The summed E-state index contributed by atoms with van der Waals surface area (Å²) in [4.78, 5) is 15.8. The zero-order chi connectivity index (χ0) is 24.0. The molecular weight excluding hydrogens is 430 g/mol. The van der Waals surface area contributed by atoms with E-state index in [-0.39, 0.29) is 17.5 Å². The largest absolute Gasteiger partial charge is 0.375 e. The molecule has 1 saturated heterocycles. The minimum absolute atomic E-state index is 0.000371. The van der Waals surface area contributed by atoms with Crippen LogP contribution in [0.5, 0.6) is 0 Å². The van der Waals surface area contributed by atoms with Gasteiger partial charge in [0.05, 0.1) is 5.41 Å². The van der Waals surface area contributed by atoms with Gasteiger partial charge in [0.2, 0.25) is 5.91 Å². The normalized spacial score (nSPS) is 15.1. The molecule has 0 atom stereocenters. The fraction of sp³-hybridized carbons (Fsp3) is 0.276. The van der Waals surface area contributed by atoms with E-state index in [0.717, 1.165) is 48.3 Å². The summed E-state index contributed by atoms with van der Waals surface area (Å²) in [5.74, 6) is -0.518. The zero-order valence-electron chi connectivity index (χ0n) is 19.3. The van der Waals surface area contributed by atoms with Crippen molar-refractivity contribution in [2.75, 3.05) is 13.1 Å². The number of carbonyl (C=O) groups is 1. The number of nitrogens with zero attached hydrogens (tertiary/aromatic N) is 1. The first-order chi connectivity index (χ1) is 16.5. The van der Waals surface area contributed by atoms with Gasteiger partial charge in [-0.25, -0.2) is 8.78 Å². The molecule has 3 aromatic carbocycles. The Morgan fingerprint density at radius 2 is 1.41 bits per heavy atom. The Morgan fingerprint density at radius 1 is 0.853 bits per heavy atom. The molecule has 34 heavy (non-hydrogen) atoms. The van der Waals surface area contributed by atoms with Crippen molar-refractivity contribution in [3.05, 3.63) is 119 Å². The maximum atomic E-state index is 13.5. The molecule has 1 heterocycles. The third-order valence-electron chi connectivity index (χ3n) is 6.81. The van der Waals surface area contributed by atoms with Crippen LogP contribution in [0.2, 0.25) is 0 Å². The molecule has 0 bridgehead atoms. The molecule has 1 amide bonds.